The fourth-order valence-electron chi connectivity index (χ4n) is 3.45. The van der Waals surface area contributed by atoms with Crippen molar-refractivity contribution in [1.29, 1.82) is 0 Å². The molecule has 3 nitrogen and oxygen atoms in total. The lowest BCUT2D eigenvalue weighted by atomic mass is 9.91. The van der Waals surface area contributed by atoms with E-state index in [4.69, 9.17) is 0 Å². The van der Waals surface area contributed by atoms with Crippen LogP contribution in [0.2, 0.25) is 0 Å². The summed E-state index contributed by atoms with van der Waals surface area (Å²) >= 11 is 0. The molecule has 1 fully saturated rings. The van der Waals surface area contributed by atoms with E-state index >= 15 is 0 Å². The van der Waals surface area contributed by atoms with Gasteiger partial charge in [0.15, 0.2) is 0 Å². The van der Waals surface area contributed by atoms with Crippen LogP contribution in [-0.4, -0.2) is 37.4 Å². The highest BCUT2D eigenvalue weighted by Gasteiger charge is 2.31. The summed E-state index contributed by atoms with van der Waals surface area (Å²) < 4.78 is 41.3. The summed E-state index contributed by atoms with van der Waals surface area (Å²) in [6.07, 6.45) is -4.67. The minimum Gasteiger partial charge on any atom is -0.406 e. The van der Waals surface area contributed by atoms with E-state index in [9.17, 15) is 13.2 Å². The molecule has 1 aliphatic heterocycles. The summed E-state index contributed by atoms with van der Waals surface area (Å²) in [4.78, 5) is 2.37. The Morgan fingerprint density at radius 1 is 0.964 bits per heavy atom. The standard InChI is InChI=1S/C20H23F3N2O.2ClH/c1-14-4-3-5-18(15(14)2)19(25-12-10-24-11-13-25)16-6-8-17(9-7-16)26-20(21,22)23;;/h3-9,19,24H,10-13H2,1-2H3;2*1H/t19-;;/m1../s1. The van der Waals surface area contributed by atoms with Crippen LogP contribution in [0.25, 0.3) is 0 Å². The Morgan fingerprint density at radius 2 is 1.57 bits per heavy atom. The molecule has 0 radical (unpaired) electrons. The molecule has 0 amide bonds. The van der Waals surface area contributed by atoms with Crippen molar-refractivity contribution in [1.82, 2.24) is 10.2 Å². The first kappa shape index (κ1) is 24.6. The van der Waals surface area contributed by atoms with Crippen LogP contribution in [0.4, 0.5) is 13.2 Å². The molecule has 0 spiro atoms. The molecule has 0 saturated carbocycles. The summed E-state index contributed by atoms with van der Waals surface area (Å²) in [6.45, 7) is 7.75. The van der Waals surface area contributed by atoms with E-state index in [1.165, 1.54) is 28.8 Å². The van der Waals surface area contributed by atoms with Gasteiger partial charge >= 0.3 is 6.36 Å². The maximum absolute atomic E-state index is 12.4. The number of halogens is 5. The van der Waals surface area contributed by atoms with Gasteiger partial charge in [0.2, 0.25) is 0 Å². The number of alkyl halides is 3. The second-order valence-electron chi connectivity index (χ2n) is 6.59. The number of hydrogen-bond acceptors (Lipinski definition) is 3. The molecule has 0 aromatic heterocycles. The van der Waals surface area contributed by atoms with Crippen LogP contribution >= 0.6 is 24.8 Å². The van der Waals surface area contributed by atoms with E-state index in [2.05, 4.69) is 40.9 Å². The summed E-state index contributed by atoms with van der Waals surface area (Å²) in [5.74, 6) is -0.193. The Labute approximate surface area is 176 Å². The summed E-state index contributed by atoms with van der Waals surface area (Å²) in [6, 6.07) is 12.5. The summed E-state index contributed by atoms with van der Waals surface area (Å²) in [7, 11) is 0. The lowest BCUT2D eigenvalue weighted by Gasteiger charge is -2.36. The van der Waals surface area contributed by atoms with Crippen molar-refractivity contribution in [2.24, 2.45) is 0 Å². The first-order valence-electron chi connectivity index (χ1n) is 8.72. The van der Waals surface area contributed by atoms with Crippen LogP contribution in [0.5, 0.6) is 5.75 Å². The number of nitrogens with one attached hydrogen (secondary N) is 1. The highest BCUT2D eigenvalue weighted by atomic mass is 35.5. The lowest BCUT2D eigenvalue weighted by molar-refractivity contribution is -0.274. The van der Waals surface area contributed by atoms with E-state index in [1.54, 1.807) is 12.1 Å². The maximum Gasteiger partial charge on any atom is 0.573 e. The molecule has 1 heterocycles. The zero-order valence-electron chi connectivity index (χ0n) is 15.8. The van der Waals surface area contributed by atoms with E-state index in [-0.39, 0.29) is 36.6 Å². The molecule has 156 valence electrons. The van der Waals surface area contributed by atoms with Crippen LogP contribution in [0.3, 0.4) is 0 Å². The zero-order valence-corrected chi connectivity index (χ0v) is 17.4. The minimum atomic E-state index is -4.67. The first-order chi connectivity index (χ1) is 12.3. The zero-order chi connectivity index (χ0) is 18.7. The van der Waals surface area contributed by atoms with Crippen molar-refractivity contribution in [3.8, 4) is 5.75 Å². The van der Waals surface area contributed by atoms with Gasteiger partial charge < -0.3 is 10.1 Å². The molecule has 8 heteroatoms. The van der Waals surface area contributed by atoms with E-state index in [0.717, 1.165) is 31.7 Å². The second kappa shape index (κ2) is 10.3. The van der Waals surface area contributed by atoms with Gasteiger partial charge in [0, 0.05) is 26.2 Å². The van der Waals surface area contributed by atoms with E-state index < -0.39 is 6.36 Å². The first-order valence-corrected chi connectivity index (χ1v) is 8.72. The number of ether oxygens (including phenoxy) is 1. The quantitative estimate of drug-likeness (QED) is 0.726. The van der Waals surface area contributed by atoms with Crippen LogP contribution in [0.15, 0.2) is 42.5 Å². The van der Waals surface area contributed by atoms with Crippen LogP contribution in [-0.2, 0) is 0 Å². The third-order valence-electron chi connectivity index (χ3n) is 4.89. The molecule has 2 aromatic rings. The third kappa shape index (κ3) is 6.01. The molecular formula is C20H25Cl2F3N2O. The fourth-order valence-corrected chi connectivity index (χ4v) is 3.45. The molecule has 0 unspecified atom stereocenters. The van der Waals surface area contributed by atoms with Crippen molar-refractivity contribution in [3.63, 3.8) is 0 Å². The van der Waals surface area contributed by atoms with Crippen LogP contribution < -0.4 is 10.1 Å². The number of rotatable bonds is 4. The predicted molar refractivity (Wildman–Crippen MR) is 110 cm³/mol. The highest BCUT2D eigenvalue weighted by Crippen LogP contribution is 2.33. The molecule has 28 heavy (non-hydrogen) atoms. The highest BCUT2D eigenvalue weighted by molar-refractivity contribution is 5.85. The van der Waals surface area contributed by atoms with Gasteiger partial charge in [-0.25, -0.2) is 0 Å². The predicted octanol–water partition coefficient (Wildman–Crippen LogP) is 5.04. The van der Waals surface area contributed by atoms with Gasteiger partial charge in [-0.2, -0.15) is 0 Å². The van der Waals surface area contributed by atoms with Gasteiger partial charge in [0.25, 0.3) is 0 Å². The Bertz CT molecular complexity index is 748. The number of piperazine rings is 1. The maximum atomic E-state index is 12.4. The Balaban J connectivity index is 0.00000196. The van der Waals surface area contributed by atoms with Gasteiger partial charge in [0.05, 0.1) is 6.04 Å². The van der Waals surface area contributed by atoms with Gasteiger partial charge in [-0.1, -0.05) is 30.3 Å². The molecular weight excluding hydrogens is 412 g/mol. The molecule has 1 N–H and O–H groups in total. The van der Waals surface area contributed by atoms with Crippen molar-refractivity contribution < 1.29 is 17.9 Å². The van der Waals surface area contributed by atoms with Crippen LogP contribution in [0.1, 0.15) is 28.3 Å². The molecule has 2 aromatic carbocycles. The number of hydrogen-bond donors (Lipinski definition) is 1. The second-order valence-corrected chi connectivity index (χ2v) is 6.59. The third-order valence-corrected chi connectivity index (χ3v) is 4.89. The van der Waals surface area contributed by atoms with Crippen molar-refractivity contribution in [2.75, 3.05) is 26.2 Å². The van der Waals surface area contributed by atoms with Gasteiger partial charge in [-0.15, -0.1) is 38.0 Å². The SMILES string of the molecule is Cc1cccc([C@@H](c2ccc(OC(F)(F)F)cc2)N2CCNCC2)c1C.Cl.Cl. The smallest absolute Gasteiger partial charge is 0.406 e. The molecule has 3 rings (SSSR count). The number of nitrogens with zero attached hydrogens (tertiary/aromatic N) is 1. The summed E-state index contributed by atoms with van der Waals surface area (Å²) in [5, 5.41) is 3.35. The normalized spacial score (nSPS) is 15.9. The minimum absolute atomic E-state index is 0. The van der Waals surface area contributed by atoms with Crippen molar-refractivity contribution in [3.05, 3.63) is 64.7 Å². The number of aryl methyl sites for hydroxylation is 1. The topological polar surface area (TPSA) is 24.5 Å². The number of benzene rings is 2. The Hall–Kier alpha value is -1.47. The molecule has 1 atom stereocenters. The van der Waals surface area contributed by atoms with Crippen molar-refractivity contribution >= 4 is 24.8 Å². The summed E-state index contributed by atoms with van der Waals surface area (Å²) in [5.41, 5.74) is 4.58. The van der Waals surface area contributed by atoms with Gasteiger partial charge in [0.1, 0.15) is 5.75 Å². The Kier molecular flexibility index (Phi) is 9.08. The molecule has 0 bridgehead atoms. The van der Waals surface area contributed by atoms with E-state index in [0.29, 0.717) is 0 Å². The molecule has 1 saturated heterocycles. The Morgan fingerprint density at radius 3 is 2.14 bits per heavy atom. The fraction of sp³-hybridized carbons (Fsp3) is 0.400. The average Bonchev–Trinajstić information content (AvgIpc) is 2.60. The molecule has 0 aliphatic carbocycles. The largest absolute Gasteiger partial charge is 0.573 e. The van der Waals surface area contributed by atoms with Crippen molar-refractivity contribution in [2.45, 2.75) is 26.3 Å². The van der Waals surface area contributed by atoms with E-state index in [1.807, 2.05) is 6.07 Å². The monoisotopic (exact) mass is 436 g/mol. The molecule has 1 aliphatic rings. The lowest BCUT2D eigenvalue weighted by Crippen LogP contribution is -2.45. The van der Waals surface area contributed by atoms with Gasteiger partial charge in [-0.05, 0) is 48.2 Å². The van der Waals surface area contributed by atoms with Crippen LogP contribution in [0, 0.1) is 13.8 Å². The van der Waals surface area contributed by atoms with Gasteiger partial charge in [-0.3, -0.25) is 4.90 Å². The average molecular weight is 437 g/mol.